The maximum atomic E-state index is 13.5. The predicted octanol–water partition coefficient (Wildman–Crippen LogP) is 3.04. The van der Waals surface area contributed by atoms with Gasteiger partial charge in [0.15, 0.2) is 0 Å². The molecule has 0 aliphatic carbocycles. The molecule has 0 spiro atoms. The van der Waals surface area contributed by atoms with Crippen LogP contribution in [0.15, 0.2) is 24.3 Å². The Morgan fingerprint density at radius 2 is 1.94 bits per heavy atom. The first kappa shape index (κ1) is 14.0. The number of unbranched alkanes of at least 4 members (excludes halogenated alkanes) is 2. The van der Waals surface area contributed by atoms with E-state index in [0.717, 1.165) is 26.1 Å². The standard InChI is InChI=1S/C14H23FN2/c1-3-16-11-7-4-8-12-17(2)14-10-6-5-9-13(14)15/h5-6,9-10,16H,3-4,7-8,11-12H2,1-2H3. The maximum absolute atomic E-state index is 13.5. The summed E-state index contributed by atoms with van der Waals surface area (Å²) in [5.74, 6) is -0.136. The molecule has 0 unspecified atom stereocenters. The molecule has 0 radical (unpaired) electrons. The third kappa shape index (κ3) is 5.18. The first-order valence-corrected chi connectivity index (χ1v) is 6.42. The number of anilines is 1. The number of hydrogen-bond donors (Lipinski definition) is 1. The van der Waals surface area contributed by atoms with Gasteiger partial charge < -0.3 is 10.2 Å². The summed E-state index contributed by atoms with van der Waals surface area (Å²) in [4.78, 5) is 1.99. The fourth-order valence-electron chi connectivity index (χ4n) is 1.83. The van der Waals surface area contributed by atoms with Gasteiger partial charge in [-0.2, -0.15) is 0 Å². The zero-order chi connectivity index (χ0) is 12.5. The monoisotopic (exact) mass is 238 g/mol. The van der Waals surface area contributed by atoms with Gasteiger partial charge in [0.25, 0.3) is 0 Å². The molecule has 0 aromatic heterocycles. The van der Waals surface area contributed by atoms with Gasteiger partial charge in [0.05, 0.1) is 5.69 Å². The van der Waals surface area contributed by atoms with Gasteiger partial charge in [0.1, 0.15) is 5.82 Å². The maximum Gasteiger partial charge on any atom is 0.146 e. The fourth-order valence-corrected chi connectivity index (χ4v) is 1.83. The van der Waals surface area contributed by atoms with Crippen molar-refractivity contribution >= 4 is 5.69 Å². The number of halogens is 1. The summed E-state index contributed by atoms with van der Waals surface area (Å²) in [5.41, 5.74) is 0.694. The van der Waals surface area contributed by atoms with Gasteiger partial charge in [0, 0.05) is 13.6 Å². The Bertz CT molecular complexity index is 315. The minimum Gasteiger partial charge on any atom is -0.372 e. The molecule has 96 valence electrons. The molecule has 2 nitrogen and oxygen atoms in total. The molecule has 0 saturated heterocycles. The van der Waals surface area contributed by atoms with E-state index in [4.69, 9.17) is 0 Å². The molecule has 0 amide bonds. The van der Waals surface area contributed by atoms with E-state index in [9.17, 15) is 4.39 Å². The number of hydrogen-bond acceptors (Lipinski definition) is 2. The molecular formula is C14H23FN2. The van der Waals surface area contributed by atoms with Crippen LogP contribution < -0.4 is 10.2 Å². The van der Waals surface area contributed by atoms with Crippen molar-refractivity contribution < 1.29 is 4.39 Å². The fraction of sp³-hybridized carbons (Fsp3) is 0.571. The highest BCUT2D eigenvalue weighted by Gasteiger charge is 2.05. The Kier molecular flexibility index (Phi) is 6.63. The van der Waals surface area contributed by atoms with Gasteiger partial charge in [-0.05, 0) is 38.1 Å². The van der Waals surface area contributed by atoms with Gasteiger partial charge in [0.2, 0.25) is 0 Å². The van der Waals surface area contributed by atoms with E-state index in [1.807, 2.05) is 24.1 Å². The highest BCUT2D eigenvalue weighted by molar-refractivity contribution is 5.46. The van der Waals surface area contributed by atoms with Crippen LogP contribution in [0, 0.1) is 5.82 Å². The number of nitrogens with zero attached hydrogens (tertiary/aromatic N) is 1. The summed E-state index contributed by atoms with van der Waals surface area (Å²) < 4.78 is 13.5. The van der Waals surface area contributed by atoms with Gasteiger partial charge >= 0.3 is 0 Å². The number of benzene rings is 1. The second-order valence-electron chi connectivity index (χ2n) is 4.29. The minimum absolute atomic E-state index is 0.136. The van der Waals surface area contributed by atoms with E-state index in [1.165, 1.54) is 18.9 Å². The highest BCUT2D eigenvalue weighted by atomic mass is 19.1. The third-order valence-corrected chi connectivity index (χ3v) is 2.86. The molecule has 1 rings (SSSR count). The molecule has 1 N–H and O–H groups in total. The van der Waals surface area contributed by atoms with Crippen molar-refractivity contribution in [1.29, 1.82) is 0 Å². The Balaban J connectivity index is 2.21. The van der Waals surface area contributed by atoms with Gasteiger partial charge in [-0.1, -0.05) is 25.5 Å². The first-order chi connectivity index (χ1) is 8.25. The summed E-state index contributed by atoms with van der Waals surface area (Å²) in [6.07, 6.45) is 3.49. The van der Waals surface area contributed by atoms with Crippen LogP contribution in [0.2, 0.25) is 0 Å². The minimum atomic E-state index is -0.136. The van der Waals surface area contributed by atoms with Crippen LogP contribution in [-0.4, -0.2) is 26.7 Å². The topological polar surface area (TPSA) is 15.3 Å². The summed E-state index contributed by atoms with van der Waals surface area (Å²) in [7, 11) is 1.95. The van der Waals surface area contributed by atoms with Crippen LogP contribution >= 0.6 is 0 Å². The van der Waals surface area contributed by atoms with Crippen molar-refractivity contribution in [2.75, 3.05) is 31.6 Å². The number of para-hydroxylation sites is 1. The second kappa shape index (κ2) is 8.07. The molecule has 0 fully saturated rings. The van der Waals surface area contributed by atoms with Crippen LogP contribution in [0.1, 0.15) is 26.2 Å². The Morgan fingerprint density at radius 3 is 2.65 bits per heavy atom. The Hall–Kier alpha value is -1.09. The smallest absolute Gasteiger partial charge is 0.146 e. The lowest BCUT2D eigenvalue weighted by molar-refractivity contribution is 0.601. The van der Waals surface area contributed by atoms with Gasteiger partial charge in [-0.25, -0.2) is 4.39 Å². The average molecular weight is 238 g/mol. The van der Waals surface area contributed by atoms with E-state index in [2.05, 4.69) is 12.2 Å². The van der Waals surface area contributed by atoms with E-state index in [1.54, 1.807) is 6.07 Å². The van der Waals surface area contributed by atoms with Crippen molar-refractivity contribution in [2.45, 2.75) is 26.2 Å². The summed E-state index contributed by atoms with van der Waals surface area (Å²) >= 11 is 0. The molecule has 17 heavy (non-hydrogen) atoms. The average Bonchev–Trinajstić information content (AvgIpc) is 2.34. The normalized spacial score (nSPS) is 10.5. The predicted molar refractivity (Wildman–Crippen MR) is 72.1 cm³/mol. The summed E-state index contributed by atoms with van der Waals surface area (Å²) in [5, 5.41) is 3.30. The van der Waals surface area contributed by atoms with E-state index >= 15 is 0 Å². The van der Waals surface area contributed by atoms with Crippen LogP contribution in [0.25, 0.3) is 0 Å². The Morgan fingerprint density at radius 1 is 1.18 bits per heavy atom. The molecule has 0 aliphatic heterocycles. The molecule has 0 saturated carbocycles. The van der Waals surface area contributed by atoms with E-state index in [0.29, 0.717) is 5.69 Å². The molecule has 0 bridgehead atoms. The first-order valence-electron chi connectivity index (χ1n) is 6.42. The van der Waals surface area contributed by atoms with Crippen molar-refractivity contribution in [2.24, 2.45) is 0 Å². The van der Waals surface area contributed by atoms with Crippen molar-refractivity contribution in [3.05, 3.63) is 30.1 Å². The van der Waals surface area contributed by atoms with Crippen molar-refractivity contribution in [3.63, 3.8) is 0 Å². The van der Waals surface area contributed by atoms with Crippen LogP contribution in [0.5, 0.6) is 0 Å². The zero-order valence-electron chi connectivity index (χ0n) is 10.9. The molecule has 0 aliphatic rings. The van der Waals surface area contributed by atoms with Gasteiger partial charge in [-0.15, -0.1) is 0 Å². The van der Waals surface area contributed by atoms with Crippen molar-refractivity contribution in [3.8, 4) is 0 Å². The highest BCUT2D eigenvalue weighted by Crippen LogP contribution is 2.17. The summed E-state index contributed by atoms with van der Waals surface area (Å²) in [6.45, 7) is 5.15. The lowest BCUT2D eigenvalue weighted by Gasteiger charge is -2.19. The van der Waals surface area contributed by atoms with Crippen LogP contribution in [0.3, 0.4) is 0 Å². The Labute approximate surface area is 104 Å². The SMILES string of the molecule is CCNCCCCCN(C)c1ccccc1F. The molecule has 3 heteroatoms. The van der Waals surface area contributed by atoms with E-state index < -0.39 is 0 Å². The molecule has 0 heterocycles. The van der Waals surface area contributed by atoms with Crippen LogP contribution in [0.4, 0.5) is 10.1 Å². The zero-order valence-corrected chi connectivity index (χ0v) is 10.9. The molecule has 0 atom stereocenters. The van der Waals surface area contributed by atoms with E-state index in [-0.39, 0.29) is 5.82 Å². The van der Waals surface area contributed by atoms with Crippen molar-refractivity contribution in [1.82, 2.24) is 5.32 Å². The molecule has 1 aromatic carbocycles. The number of nitrogens with one attached hydrogen (secondary N) is 1. The third-order valence-electron chi connectivity index (χ3n) is 2.86. The molecule has 1 aromatic rings. The number of rotatable bonds is 8. The summed E-state index contributed by atoms with van der Waals surface area (Å²) in [6, 6.07) is 6.94. The lowest BCUT2D eigenvalue weighted by Crippen LogP contribution is -2.20. The van der Waals surface area contributed by atoms with Gasteiger partial charge in [-0.3, -0.25) is 0 Å². The quantitative estimate of drug-likeness (QED) is 0.700. The largest absolute Gasteiger partial charge is 0.372 e. The second-order valence-corrected chi connectivity index (χ2v) is 4.29. The van der Waals surface area contributed by atoms with Crippen LogP contribution in [-0.2, 0) is 0 Å². The molecular weight excluding hydrogens is 215 g/mol. The lowest BCUT2D eigenvalue weighted by atomic mass is 10.2.